The zero-order valence-electron chi connectivity index (χ0n) is 14.2. The SMILES string of the molecule is O=C(COc1ccccc1[N+](=O)[O-])N/N=C/c1cccn1-c1ccccc1. The summed E-state index contributed by atoms with van der Waals surface area (Å²) in [5.74, 6) is -0.498. The lowest BCUT2D eigenvalue weighted by molar-refractivity contribution is -0.385. The number of nitro benzene ring substituents is 1. The van der Waals surface area contributed by atoms with Crippen LogP contribution in [-0.4, -0.2) is 28.2 Å². The molecule has 0 saturated carbocycles. The minimum atomic E-state index is -0.566. The highest BCUT2D eigenvalue weighted by Gasteiger charge is 2.14. The van der Waals surface area contributed by atoms with E-state index in [0.29, 0.717) is 0 Å². The second-order valence-corrected chi connectivity index (χ2v) is 5.45. The van der Waals surface area contributed by atoms with Gasteiger partial charge in [0.2, 0.25) is 0 Å². The molecule has 0 bridgehead atoms. The number of nitrogens with zero attached hydrogens (tertiary/aromatic N) is 3. The van der Waals surface area contributed by atoms with Gasteiger partial charge in [-0.3, -0.25) is 14.9 Å². The van der Waals surface area contributed by atoms with Gasteiger partial charge in [-0.2, -0.15) is 5.10 Å². The molecule has 0 aliphatic carbocycles. The third kappa shape index (κ3) is 4.57. The Labute approximate surface area is 154 Å². The van der Waals surface area contributed by atoms with E-state index in [1.807, 2.05) is 53.2 Å². The van der Waals surface area contributed by atoms with Gasteiger partial charge in [0.05, 0.1) is 16.8 Å². The number of nitrogens with one attached hydrogen (secondary N) is 1. The Bertz CT molecular complexity index is 967. The average Bonchev–Trinajstić information content (AvgIpc) is 3.16. The molecule has 0 fully saturated rings. The molecule has 1 aromatic heterocycles. The summed E-state index contributed by atoms with van der Waals surface area (Å²) in [4.78, 5) is 22.2. The second kappa shape index (κ2) is 8.43. The third-order valence-electron chi connectivity index (χ3n) is 3.62. The number of aromatic nitrogens is 1. The van der Waals surface area contributed by atoms with E-state index in [4.69, 9.17) is 4.74 Å². The molecular formula is C19H16N4O4. The van der Waals surface area contributed by atoms with Crippen molar-refractivity contribution in [2.24, 2.45) is 5.10 Å². The summed E-state index contributed by atoms with van der Waals surface area (Å²) in [6, 6.07) is 19.3. The number of amides is 1. The van der Waals surface area contributed by atoms with E-state index in [2.05, 4.69) is 10.5 Å². The summed E-state index contributed by atoms with van der Waals surface area (Å²) in [5.41, 5.74) is 3.89. The lowest BCUT2D eigenvalue weighted by atomic mass is 10.3. The van der Waals surface area contributed by atoms with Crippen molar-refractivity contribution < 1.29 is 14.5 Å². The fourth-order valence-corrected chi connectivity index (χ4v) is 2.40. The van der Waals surface area contributed by atoms with E-state index in [9.17, 15) is 14.9 Å². The molecule has 27 heavy (non-hydrogen) atoms. The van der Waals surface area contributed by atoms with E-state index in [-0.39, 0.29) is 18.0 Å². The lowest BCUT2D eigenvalue weighted by Crippen LogP contribution is -2.24. The van der Waals surface area contributed by atoms with Gasteiger partial charge >= 0.3 is 5.69 Å². The lowest BCUT2D eigenvalue weighted by Gasteiger charge is -2.06. The molecule has 3 rings (SSSR count). The number of hydrogen-bond acceptors (Lipinski definition) is 5. The van der Waals surface area contributed by atoms with E-state index < -0.39 is 10.8 Å². The van der Waals surface area contributed by atoms with Gasteiger partial charge in [0.1, 0.15) is 0 Å². The number of ether oxygens (including phenoxy) is 1. The van der Waals surface area contributed by atoms with E-state index >= 15 is 0 Å². The molecule has 1 heterocycles. The average molecular weight is 364 g/mol. The monoisotopic (exact) mass is 364 g/mol. The van der Waals surface area contributed by atoms with Gasteiger partial charge in [-0.05, 0) is 30.3 Å². The van der Waals surface area contributed by atoms with Gasteiger partial charge in [0.25, 0.3) is 5.91 Å². The van der Waals surface area contributed by atoms with Gasteiger partial charge < -0.3 is 9.30 Å². The van der Waals surface area contributed by atoms with Crippen molar-refractivity contribution in [2.45, 2.75) is 0 Å². The van der Waals surface area contributed by atoms with Crippen LogP contribution in [0.1, 0.15) is 5.69 Å². The third-order valence-corrected chi connectivity index (χ3v) is 3.62. The molecule has 3 aromatic rings. The summed E-state index contributed by atoms with van der Waals surface area (Å²) in [6.07, 6.45) is 3.39. The van der Waals surface area contributed by atoms with Crippen LogP contribution in [0.3, 0.4) is 0 Å². The molecule has 1 N–H and O–H groups in total. The van der Waals surface area contributed by atoms with Crippen molar-refractivity contribution in [3.05, 3.63) is 88.7 Å². The van der Waals surface area contributed by atoms with Crippen LogP contribution in [0.2, 0.25) is 0 Å². The summed E-state index contributed by atoms with van der Waals surface area (Å²) in [5, 5.41) is 14.8. The molecule has 1 amide bonds. The molecule has 8 nitrogen and oxygen atoms in total. The predicted molar refractivity (Wildman–Crippen MR) is 100 cm³/mol. The summed E-state index contributed by atoms with van der Waals surface area (Å²) >= 11 is 0. The molecule has 0 aliphatic rings. The number of carbonyl (C=O) groups excluding carboxylic acids is 1. The van der Waals surface area contributed by atoms with Gasteiger partial charge in [0.15, 0.2) is 12.4 Å². The number of nitro groups is 1. The maximum Gasteiger partial charge on any atom is 0.310 e. The summed E-state index contributed by atoms with van der Waals surface area (Å²) in [6.45, 7) is -0.387. The fourth-order valence-electron chi connectivity index (χ4n) is 2.40. The number of rotatable bonds is 7. The van der Waals surface area contributed by atoms with Crippen LogP contribution in [0.5, 0.6) is 5.75 Å². The predicted octanol–water partition coefficient (Wildman–Crippen LogP) is 2.91. The topological polar surface area (TPSA) is 98.8 Å². The van der Waals surface area contributed by atoms with Crippen molar-refractivity contribution in [3.8, 4) is 11.4 Å². The van der Waals surface area contributed by atoms with Gasteiger partial charge in [-0.15, -0.1) is 0 Å². The van der Waals surface area contributed by atoms with Crippen LogP contribution >= 0.6 is 0 Å². The van der Waals surface area contributed by atoms with Crippen molar-refractivity contribution in [1.82, 2.24) is 9.99 Å². The minimum absolute atomic E-state index is 0.0274. The van der Waals surface area contributed by atoms with Crippen LogP contribution in [0.15, 0.2) is 78.0 Å². The number of carbonyl (C=O) groups is 1. The number of hydrogen-bond donors (Lipinski definition) is 1. The Morgan fingerprint density at radius 1 is 1.11 bits per heavy atom. The maximum atomic E-state index is 11.9. The quantitative estimate of drug-likeness (QED) is 0.396. The molecular weight excluding hydrogens is 348 g/mol. The van der Waals surface area contributed by atoms with Crippen LogP contribution in [-0.2, 0) is 4.79 Å². The molecule has 136 valence electrons. The Balaban J connectivity index is 1.58. The maximum absolute atomic E-state index is 11.9. The number of benzene rings is 2. The summed E-state index contributed by atoms with van der Waals surface area (Å²) < 4.78 is 7.12. The van der Waals surface area contributed by atoms with Gasteiger partial charge in [-0.1, -0.05) is 30.3 Å². The first-order valence-electron chi connectivity index (χ1n) is 8.06. The van der Waals surface area contributed by atoms with Crippen molar-refractivity contribution >= 4 is 17.8 Å². The first-order chi connectivity index (χ1) is 13.1. The van der Waals surface area contributed by atoms with E-state index in [1.54, 1.807) is 6.07 Å². The Morgan fingerprint density at radius 3 is 2.63 bits per heavy atom. The Kier molecular flexibility index (Phi) is 5.58. The highest BCUT2D eigenvalue weighted by Crippen LogP contribution is 2.25. The van der Waals surface area contributed by atoms with Crippen molar-refractivity contribution in [2.75, 3.05) is 6.61 Å². The first kappa shape index (κ1) is 17.9. The minimum Gasteiger partial charge on any atom is -0.477 e. The highest BCUT2D eigenvalue weighted by atomic mass is 16.6. The first-order valence-corrected chi connectivity index (χ1v) is 8.06. The fraction of sp³-hybridized carbons (Fsp3) is 0.0526. The van der Waals surface area contributed by atoms with Gasteiger partial charge in [0, 0.05) is 18.0 Å². The molecule has 8 heteroatoms. The largest absolute Gasteiger partial charge is 0.477 e. The number of hydrazone groups is 1. The molecule has 0 unspecified atom stereocenters. The normalized spacial score (nSPS) is 10.7. The zero-order chi connectivity index (χ0) is 19.1. The Hall–Kier alpha value is -3.94. The van der Waals surface area contributed by atoms with Gasteiger partial charge in [-0.25, -0.2) is 5.43 Å². The van der Waals surface area contributed by atoms with E-state index in [1.165, 1.54) is 24.4 Å². The standard InChI is InChI=1S/C19H16N4O4/c24-19(14-27-18-11-5-4-10-17(18)23(25)26)21-20-13-16-9-6-12-22(16)15-7-2-1-3-8-15/h1-13H,14H2,(H,21,24)/b20-13+. The van der Waals surface area contributed by atoms with Crippen LogP contribution in [0, 0.1) is 10.1 Å². The van der Waals surface area contributed by atoms with Crippen molar-refractivity contribution in [3.63, 3.8) is 0 Å². The van der Waals surface area contributed by atoms with Crippen LogP contribution < -0.4 is 10.2 Å². The molecule has 0 spiro atoms. The molecule has 2 aromatic carbocycles. The summed E-state index contributed by atoms with van der Waals surface area (Å²) in [7, 11) is 0. The molecule has 0 radical (unpaired) electrons. The zero-order valence-corrected chi connectivity index (χ0v) is 14.2. The Morgan fingerprint density at radius 2 is 1.85 bits per heavy atom. The molecule has 0 atom stereocenters. The highest BCUT2D eigenvalue weighted by molar-refractivity contribution is 5.82. The smallest absolute Gasteiger partial charge is 0.310 e. The number of para-hydroxylation sites is 3. The van der Waals surface area contributed by atoms with Crippen LogP contribution in [0.25, 0.3) is 5.69 Å². The van der Waals surface area contributed by atoms with Crippen LogP contribution in [0.4, 0.5) is 5.69 Å². The van der Waals surface area contributed by atoms with Crippen molar-refractivity contribution in [1.29, 1.82) is 0 Å². The molecule has 0 saturated heterocycles. The molecule has 0 aliphatic heterocycles. The van der Waals surface area contributed by atoms with E-state index in [0.717, 1.165) is 11.4 Å². The second-order valence-electron chi connectivity index (χ2n) is 5.45.